The topological polar surface area (TPSA) is 77.6 Å². The SMILES string of the molecule is Nc1nc2cc(-c3cccnc3)cc(-c3cnccn3)c2s1. The molecule has 0 amide bonds. The van der Waals surface area contributed by atoms with Gasteiger partial charge in [-0.15, -0.1) is 0 Å². The van der Waals surface area contributed by atoms with Crippen molar-refractivity contribution >= 4 is 26.7 Å². The number of pyridine rings is 1. The number of nitrogens with zero attached hydrogens (tertiary/aromatic N) is 4. The summed E-state index contributed by atoms with van der Waals surface area (Å²) in [6, 6.07) is 8.04. The van der Waals surface area contributed by atoms with Gasteiger partial charge in [0.05, 0.1) is 22.1 Å². The van der Waals surface area contributed by atoms with Gasteiger partial charge in [-0.1, -0.05) is 17.4 Å². The van der Waals surface area contributed by atoms with Gasteiger partial charge in [0.25, 0.3) is 0 Å². The molecule has 4 rings (SSSR count). The first-order chi connectivity index (χ1) is 10.8. The number of hydrogen-bond donors (Lipinski definition) is 1. The quantitative estimate of drug-likeness (QED) is 0.614. The lowest BCUT2D eigenvalue weighted by molar-refractivity contribution is 1.21. The minimum absolute atomic E-state index is 0.545. The maximum atomic E-state index is 5.89. The number of nitrogens with two attached hydrogens (primary N) is 1. The third-order valence-corrected chi connectivity index (χ3v) is 4.27. The number of rotatable bonds is 2. The summed E-state index contributed by atoms with van der Waals surface area (Å²) in [6.45, 7) is 0. The molecular formula is C16H11N5S. The molecule has 0 spiro atoms. The summed E-state index contributed by atoms with van der Waals surface area (Å²) in [5.41, 5.74) is 10.6. The first-order valence-corrected chi connectivity index (χ1v) is 7.50. The van der Waals surface area contributed by atoms with Crippen molar-refractivity contribution < 1.29 is 0 Å². The fourth-order valence-electron chi connectivity index (χ4n) is 2.38. The monoisotopic (exact) mass is 305 g/mol. The number of hydrogen-bond acceptors (Lipinski definition) is 6. The van der Waals surface area contributed by atoms with E-state index in [1.165, 1.54) is 11.3 Å². The highest BCUT2D eigenvalue weighted by molar-refractivity contribution is 7.22. The molecule has 22 heavy (non-hydrogen) atoms. The molecule has 0 aliphatic heterocycles. The molecule has 6 heteroatoms. The van der Waals surface area contributed by atoms with E-state index in [2.05, 4.69) is 26.0 Å². The van der Waals surface area contributed by atoms with Gasteiger partial charge < -0.3 is 5.73 Å². The van der Waals surface area contributed by atoms with Crippen LogP contribution in [0.4, 0.5) is 5.13 Å². The molecule has 0 aliphatic carbocycles. The number of fused-ring (bicyclic) bond motifs is 1. The van der Waals surface area contributed by atoms with E-state index in [4.69, 9.17) is 5.73 Å². The first-order valence-electron chi connectivity index (χ1n) is 6.68. The lowest BCUT2D eigenvalue weighted by Gasteiger charge is -2.06. The van der Waals surface area contributed by atoms with E-state index in [0.29, 0.717) is 5.13 Å². The van der Waals surface area contributed by atoms with Gasteiger partial charge in [0.1, 0.15) is 0 Å². The fourth-order valence-corrected chi connectivity index (χ4v) is 3.21. The summed E-state index contributed by atoms with van der Waals surface area (Å²) >= 11 is 1.46. The Bertz CT molecular complexity index is 935. The predicted octanol–water partition coefficient (Wildman–Crippen LogP) is 3.40. The Hall–Kier alpha value is -2.86. The van der Waals surface area contributed by atoms with Crippen LogP contribution in [0.25, 0.3) is 32.6 Å². The first kappa shape index (κ1) is 12.8. The molecule has 106 valence electrons. The van der Waals surface area contributed by atoms with Crippen molar-refractivity contribution in [3.8, 4) is 22.4 Å². The van der Waals surface area contributed by atoms with Crippen LogP contribution in [-0.2, 0) is 0 Å². The third kappa shape index (κ3) is 2.19. The van der Waals surface area contributed by atoms with E-state index in [1.54, 1.807) is 24.8 Å². The van der Waals surface area contributed by atoms with Crippen molar-refractivity contribution in [2.75, 3.05) is 5.73 Å². The molecule has 0 saturated carbocycles. The van der Waals surface area contributed by atoms with E-state index in [1.807, 2.05) is 24.4 Å². The Balaban J connectivity index is 2.02. The summed E-state index contributed by atoms with van der Waals surface area (Å²) in [4.78, 5) is 17.1. The van der Waals surface area contributed by atoms with Crippen molar-refractivity contribution in [3.63, 3.8) is 0 Å². The molecular weight excluding hydrogens is 294 g/mol. The molecule has 4 aromatic rings. The largest absolute Gasteiger partial charge is 0.375 e. The van der Waals surface area contributed by atoms with Gasteiger partial charge in [-0.25, -0.2) is 4.98 Å². The van der Waals surface area contributed by atoms with Gasteiger partial charge in [-0.2, -0.15) is 0 Å². The van der Waals surface area contributed by atoms with Gasteiger partial charge in [-0.05, 0) is 23.8 Å². The molecule has 3 heterocycles. The van der Waals surface area contributed by atoms with Crippen LogP contribution >= 0.6 is 11.3 Å². The highest BCUT2D eigenvalue weighted by Gasteiger charge is 2.13. The fraction of sp³-hybridized carbons (Fsp3) is 0. The molecule has 0 atom stereocenters. The maximum Gasteiger partial charge on any atom is 0.181 e. The van der Waals surface area contributed by atoms with Crippen LogP contribution in [0, 0.1) is 0 Å². The minimum atomic E-state index is 0.545. The molecule has 5 nitrogen and oxygen atoms in total. The summed E-state index contributed by atoms with van der Waals surface area (Å²) < 4.78 is 1.02. The van der Waals surface area contributed by atoms with Crippen LogP contribution in [0.5, 0.6) is 0 Å². The summed E-state index contributed by atoms with van der Waals surface area (Å²) in [5, 5.41) is 0.545. The summed E-state index contributed by atoms with van der Waals surface area (Å²) in [5.74, 6) is 0. The van der Waals surface area contributed by atoms with Crippen molar-refractivity contribution in [1.29, 1.82) is 0 Å². The highest BCUT2D eigenvalue weighted by atomic mass is 32.1. The molecule has 3 aromatic heterocycles. The van der Waals surface area contributed by atoms with Crippen molar-refractivity contribution in [2.45, 2.75) is 0 Å². The normalized spacial score (nSPS) is 10.9. The molecule has 1 aromatic carbocycles. The molecule has 0 unspecified atom stereocenters. The number of aromatic nitrogens is 4. The van der Waals surface area contributed by atoms with Crippen LogP contribution in [0.1, 0.15) is 0 Å². The second-order valence-electron chi connectivity index (χ2n) is 4.76. The highest BCUT2D eigenvalue weighted by Crippen LogP contribution is 2.36. The lowest BCUT2D eigenvalue weighted by Crippen LogP contribution is -1.87. The van der Waals surface area contributed by atoms with Crippen LogP contribution in [0.3, 0.4) is 0 Å². The van der Waals surface area contributed by atoms with E-state index < -0.39 is 0 Å². The molecule has 0 aliphatic rings. The average Bonchev–Trinajstić information content (AvgIpc) is 2.95. The van der Waals surface area contributed by atoms with Crippen LogP contribution in [-0.4, -0.2) is 19.9 Å². The lowest BCUT2D eigenvalue weighted by atomic mass is 10.0. The van der Waals surface area contributed by atoms with Gasteiger partial charge in [-0.3, -0.25) is 15.0 Å². The number of benzene rings is 1. The Kier molecular flexibility index (Phi) is 3.01. The summed E-state index contributed by atoms with van der Waals surface area (Å²) in [7, 11) is 0. The Morgan fingerprint density at radius 1 is 0.955 bits per heavy atom. The van der Waals surface area contributed by atoms with Crippen LogP contribution in [0.15, 0.2) is 55.2 Å². The predicted molar refractivity (Wildman–Crippen MR) is 88.3 cm³/mol. The van der Waals surface area contributed by atoms with E-state index in [9.17, 15) is 0 Å². The zero-order valence-corrected chi connectivity index (χ0v) is 12.3. The Morgan fingerprint density at radius 3 is 2.64 bits per heavy atom. The second-order valence-corrected chi connectivity index (χ2v) is 5.79. The van der Waals surface area contributed by atoms with Crippen molar-refractivity contribution in [2.24, 2.45) is 0 Å². The van der Waals surface area contributed by atoms with E-state index in [-0.39, 0.29) is 0 Å². The maximum absolute atomic E-state index is 5.89. The molecule has 0 bridgehead atoms. The van der Waals surface area contributed by atoms with E-state index in [0.717, 1.165) is 32.6 Å². The van der Waals surface area contributed by atoms with E-state index >= 15 is 0 Å². The number of anilines is 1. The van der Waals surface area contributed by atoms with Crippen molar-refractivity contribution in [1.82, 2.24) is 19.9 Å². The smallest absolute Gasteiger partial charge is 0.181 e. The molecule has 0 saturated heterocycles. The molecule has 0 radical (unpaired) electrons. The van der Waals surface area contributed by atoms with Gasteiger partial charge in [0.2, 0.25) is 0 Å². The summed E-state index contributed by atoms with van der Waals surface area (Å²) in [6.07, 6.45) is 8.68. The zero-order chi connectivity index (χ0) is 14.9. The molecule has 0 fully saturated rings. The Morgan fingerprint density at radius 2 is 1.86 bits per heavy atom. The second kappa shape index (κ2) is 5.16. The standard InChI is InChI=1S/C16H11N5S/c17-16-21-13-7-11(10-2-1-3-18-8-10)6-12(15(13)22-16)14-9-19-4-5-20-14/h1-9H,(H2,17,21). The number of nitrogen functional groups attached to an aromatic ring is 1. The average molecular weight is 305 g/mol. The molecule has 2 N–H and O–H groups in total. The van der Waals surface area contributed by atoms with Gasteiger partial charge in [0.15, 0.2) is 5.13 Å². The van der Waals surface area contributed by atoms with Crippen LogP contribution in [0.2, 0.25) is 0 Å². The van der Waals surface area contributed by atoms with Crippen LogP contribution < -0.4 is 5.73 Å². The van der Waals surface area contributed by atoms with Gasteiger partial charge >= 0.3 is 0 Å². The number of thiazole rings is 1. The minimum Gasteiger partial charge on any atom is -0.375 e. The van der Waals surface area contributed by atoms with Crippen molar-refractivity contribution in [3.05, 3.63) is 55.2 Å². The van der Waals surface area contributed by atoms with Gasteiger partial charge in [0, 0.05) is 35.9 Å². The Labute approximate surface area is 130 Å². The third-order valence-electron chi connectivity index (χ3n) is 3.34. The zero-order valence-electron chi connectivity index (χ0n) is 11.5.